The van der Waals surface area contributed by atoms with Crippen LogP contribution >= 0.6 is 0 Å². The molecule has 0 aliphatic carbocycles. The number of rotatable bonds is 14. The summed E-state index contributed by atoms with van der Waals surface area (Å²) in [4.78, 5) is 13.2. The number of aliphatic hydroxyl groups is 2. The highest BCUT2D eigenvalue weighted by atomic mass is 32.2. The van der Waals surface area contributed by atoms with Crippen molar-refractivity contribution in [1.82, 2.24) is 29.7 Å². The Morgan fingerprint density at radius 3 is 2.29 bits per heavy atom. The van der Waals surface area contributed by atoms with Gasteiger partial charge in [0.2, 0.25) is 11.8 Å². The van der Waals surface area contributed by atoms with E-state index in [-0.39, 0.29) is 18.4 Å². The summed E-state index contributed by atoms with van der Waals surface area (Å²) in [7, 11) is 2.67. The van der Waals surface area contributed by atoms with Crippen LogP contribution in [-0.2, 0) is 15.7 Å². The number of aliphatic hydroxyl groups excluding tert-OH is 2. The van der Waals surface area contributed by atoms with Gasteiger partial charge in [-0.05, 0) is 37.6 Å². The first-order chi connectivity index (χ1) is 20.3. The summed E-state index contributed by atoms with van der Waals surface area (Å²) in [5.74, 6) is 1.90. The zero-order chi connectivity index (χ0) is 30.2. The Balaban J connectivity index is 1.77. The van der Waals surface area contributed by atoms with E-state index in [1.807, 2.05) is 6.92 Å². The molecule has 14 nitrogen and oxygen atoms in total. The molecule has 4 rings (SSSR count). The highest BCUT2D eigenvalue weighted by Gasteiger charge is 2.31. The lowest BCUT2D eigenvalue weighted by atomic mass is 10.2. The quantitative estimate of drug-likeness (QED) is 0.193. The van der Waals surface area contributed by atoms with Gasteiger partial charge in [0, 0.05) is 18.5 Å². The Kier molecular flexibility index (Phi) is 10.4. The molecular weight excluding hydrogens is 566 g/mol. The topological polar surface area (TPSA) is 176 Å². The summed E-state index contributed by atoms with van der Waals surface area (Å²) < 4.78 is 40.8. The predicted octanol–water partition coefficient (Wildman–Crippen LogP) is 2.03. The number of aromatic nitrogens is 6. The number of hydrogen-bond donors (Lipinski definition) is 3. The molecule has 0 aliphatic rings. The number of ether oxygens (including phenoxy) is 4. The molecule has 0 radical (unpaired) electrons. The molecule has 0 saturated heterocycles. The minimum absolute atomic E-state index is 0.0987. The van der Waals surface area contributed by atoms with Gasteiger partial charge in [0.15, 0.2) is 11.6 Å². The Morgan fingerprint density at radius 1 is 1.00 bits per heavy atom. The minimum atomic E-state index is -1.87. The SMILES string of the molecule is COc1cccc(-c2nnc(NS(=O)[C@@H](C)C(OC[C@@H](O)CO)c3ncc(C)cn3)n2-c2c(OC)cccc2OC)n1. The van der Waals surface area contributed by atoms with Crippen LogP contribution in [0.5, 0.6) is 17.4 Å². The average molecular weight is 600 g/mol. The third-order valence-electron chi connectivity index (χ3n) is 6.14. The lowest BCUT2D eigenvalue weighted by molar-refractivity contribution is -0.0320. The molecule has 0 amide bonds. The second kappa shape index (κ2) is 14.1. The molecule has 0 saturated carbocycles. The number of nitrogens with one attached hydrogen (secondary N) is 1. The van der Waals surface area contributed by atoms with Crippen molar-refractivity contribution in [3.8, 4) is 34.6 Å². The van der Waals surface area contributed by atoms with Crippen LogP contribution in [0.2, 0.25) is 0 Å². The number of aryl methyl sites for hydroxylation is 1. The van der Waals surface area contributed by atoms with Crippen LogP contribution in [-0.4, -0.2) is 90.0 Å². The molecule has 42 heavy (non-hydrogen) atoms. The van der Waals surface area contributed by atoms with E-state index in [9.17, 15) is 14.4 Å². The maximum absolute atomic E-state index is 13.8. The number of methoxy groups -OCH3 is 3. The van der Waals surface area contributed by atoms with Gasteiger partial charge in [-0.25, -0.2) is 19.2 Å². The van der Waals surface area contributed by atoms with Gasteiger partial charge >= 0.3 is 0 Å². The van der Waals surface area contributed by atoms with Gasteiger partial charge in [0.05, 0.1) is 39.8 Å². The average Bonchev–Trinajstić information content (AvgIpc) is 3.43. The molecule has 3 heterocycles. The number of hydrogen-bond acceptors (Lipinski definition) is 12. The second-order valence-electron chi connectivity index (χ2n) is 9.07. The van der Waals surface area contributed by atoms with Gasteiger partial charge in [0.1, 0.15) is 46.1 Å². The lowest BCUT2D eigenvalue weighted by Gasteiger charge is -2.24. The smallest absolute Gasteiger partial charge is 0.241 e. The van der Waals surface area contributed by atoms with E-state index >= 15 is 0 Å². The first-order valence-corrected chi connectivity index (χ1v) is 14.1. The van der Waals surface area contributed by atoms with Crippen LogP contribution in [0.15, 0.2) is 48.8 Å². The molecule has 4 atom stereocenters. The van der Waals surface area contributed by atoms with E-state index in [0.717, 1.165) is 5.56 Å². The molecule has 15 heteroatoms. The fourth-order valence-corrected chi connectivity index (χ4v) is 4.89. The molecular formula is C27H33N7O7S. The summed E-state index contributed by atoms with van der Waals surface area (Å²) in [5, 5.41) is 27.1. The van der Waals surface area contributed by atoms with Gasteiger partial charge in [-0.15, -0.1) is 10.2 Å². The van der Waals surface area contributed by atoms with Gasteiger partial charge in [-0.3, -0.25) is 9.29 Å². The van der Waals surface area contributed by atoms with Gasteiger partial charge < -0.3 is 29.2 Å². The van der Waals surface area contributed by atoms with E-state index in [2.05, 4.69) is 29.9 Å². The van der Waals surface area contributed by atoms with Crippen LogP contribution in [0, 0.1) is 6.92 Å². The van der Waals surface area contributed by atoms with Crippen LogP contribution in [0.1, 0.15) is 24.4 Å². The third-order valence-corrected chi connectivity index (χ3v) is 7.45. The summed E-state index contributed by atoms with van der Waals surface area (Å²) in [6.07, 6.45) is 1.19. The van der Waals surface area contributed by atoms with Gasteiger partial charge in [-0.2, -0.15) is 0 Å². The minimum Gasteiger partial charge on any atom is -0.494 e. The normalized spacial score (nSPS) is 14.1. The first kappa shape index (κ1) is 30.8. The van der Waals surface area contributed by atoms with Crippen molar-refractivity contribution < 1.29 is 33.4 Å². The zero-order valence-corrected chi connectivity index (χ0v) is 24.6. The van der Waals surface area contributed by atoms with Crippen molar-refractivity contribution in [1.29, 1.82) is 0 Å². The van der Waals surface area contributed by atoms with Crippen molar-refractivity contribution in [2.45, 2.75) is 31.3 Å². The molecule has 1 aromatic carbocycles. The maximum atomic E-state index is 13.8. The van der Waals surface area contributed by atoms with Crippen LogP contribution in [0.4, 0.5) is 5.95 Å². The fraction of sp³-hybridized carbons (Fsp3) is 0.370. The van der Waals surface area contributed by atoms with E-state index in [1.54, 1.807) is 60.3 Å². The molecule has 0 spiro atoms. The number of pyridine rings is 1. The van der Waals surface area contributed by atoms with E-state index in [0.29, 0.717) is 34.6 Å². The zero-order valence-electron chi connectivity index (χ0n) is 23.8. The molecule has 2 unspecified atom stereocenters. The van der Waals surface area contributed by atoms with Crippen LogP contribution in [0.3, 0.4) is 0 Å². The molecule has 0 aliphatic heterocycles. The molecule has 224 valence electrons. The highest BCUT2D eigenvalue weighted by Crippen LogP contribution is 2.37. The standard InChI is InChI=1S/C27H33N7O7S/c1-16-12-28-25(29-13-16)24(41-15-18(36)14-35)17(2)42(37)33-27-32-31-26(19-8-6-11-22(30-19)40-5)34(27)23-20(38-3)9-7-10-21(23)39-4/h6-13,17-18,24,35-36H,14-15H2,1-5H3,(H,32,33)/t17-,18-,24?,42?/m0/s1. The van der Waals surface area contributed by atoms with E-state index < -0.39 is 35.1 Å². The van der Waals surface area contributed by atoms with Crippen molar-refractivity contribution >= 4 is 16.9 Å². The Morgan fingerprint density at radius 2 is 1.67 bits per heavy atom. The third kappa shape index (κ3) is 6.82. The maximum Gasteiger partial charge on any atom is 0.241 e. The monoisotopic (exact) mass is 599 g/mol. The van der Waals surface area contributed by atoms with Gasteiger partial charge in [0.25, 0.3) is 0 Å². The Bertz CT molecular complexity index is 1480. The summed E-state index contributed by atoms with van der Waals surface area (Å²) in [5.41, 5.74) is 1.70. The van der Waals surface area contributed by atoms with Crippen molar-refractivity contribution in [2.24, 2.45) is 0 Å². The number of benzene rings is 1. The summed E-state index contributed by atoms with van der Waals surface area (Å²) >= 11 is 0. The fourth-order valence-electron chi connectivity index (χ4n) is 3.97. The van der Waals surface area contributed by atoms with E-state index in [1.165, 1.54) is 21.3 Å². The summed E-state index contributed by atoms with van der Waals surface area (Å²) in [6.45, 7) is 2.80. The van der Waals surface area contributed by atoms with Crippen molar-refractivity contribution in [3.05, 3.63) is 60.2 Å². The largest absolute Gasteiger partial charge is 0.494 e. The van der Waals surface area contributed by atoms with Crippen LogP contribution in [0.25, 0.3) is 17.2 Å². The van der Waals surface area contributed by atoms with E-state index in [4.69, 9.17) is 18.9 Å². The number of anilines is 1. The molecule has 3 aromatic heterocycles. The number of para-hydroxylation sites is 1. The van der Waals surface area contributed by atoms with Gasteiger partial charge in [-0.1, -0.05) is 12.1 Å². The van der Waals surface area contributed by atoms with Crippen molar-refractivity contribution in [3.63, 3.8) is 0 Å². The van der Waals surface area contributed by atoms with Crippen molar-refractivity contribution in [2.75, 3.05) is 39.3 Å². The second-order valence-corrected chi connectivity index (χ2v) is 10.6. The Hall–Kier alpha value is -4.18. The summed E-state index contributed by atoms with van der Waals surface area (Å²) in [6, 6.07) is 10.5. The predicted molar refractivity (Wildman–Crippen MR) is 154 cm³/mol. The lowest BCUT2D eigenvalue weighted by Crippen LogP contribution is -2.32. The number of nitrogens with zero attached hydrogens (tertiary/aromatic N) is 6. The highest BCUT2D eigenvalue weighted by molar-refractivity contribution is 7.87. The molecule has 3 N–H and O–H groups in total. The van der Waals surface area contributed by atoms with Crippen LogP contribution < -0.4 is 18.9 Å². The first-order valence-electron chi connectivity index (χ1n) is 12.9. The molecule has 0 bridgehead atoms. The Labute approximate surface area is 245 Å². The molecule has 4 aromatic rings. The molecule has 0 fully saturated rings.